The fourth-order valence-electron chi connectivity index (χ4n) is 9.19. The van der Waals surface area contributed by atoms with Crippen LogP contribution >= 0.6 is 0 Å². The van der Waals surface area contributed by atoms with Crippen molar-refractivity contribution < 1.29 is 66.7 Å². The van der Waals surface area contributed by atoms with Gasteiger partial charge in [-0.3, -0.25) is 14.4 Å². The Labute approximate surface area is 346 Å². The Balaban J connectivity index is 0.000000375. The zero-order valence-electron chi connectivity index (χ0n) is 37.8. The van der Waals surface area contributed by atoms with Gasteiger partial charge in [-0.1, -0.05) is 13.8 Å². The number of hydroxylamine groups is 4. The summed E-state index contributed by atoms with van der Waals surface area (Å²) >= 11 is 0. The van der Waals surface area contributed by atoms with Crippen molar-refractivity contribution in [3.63, 3.8) is 0 Å². The van der Waals surface area contributed by atoms with Crippen LogP contribution in [0.3, 0.4) is 0 Å². The standard InChI is InChI=1S/C29H52N2O7.C13H22O7/c1-19(24(33)37-22-15-26(3,4)30(35-11)27(5,6)16-22)13-21(14-20(2)32)25(34)38-23-17-28(7,8)31(36-12)29(9,10)18-23;1-3-10(14)16-5-12-19-8-13(9-20-12)6-17-11(4-15-2)18-7-13/h19,21-23H,13-18H2,1-12H3;11-12H,3-9H2,1-2H3. The van der Waals surface area contributed by atoms with Crippen molar-refractivity contribution in [2.45, 2.75) is 168 Å². The highest BCUT2D eigenvalue weighted by Gasteiger charge is 2.49. The van der Waals surface area contributed by atoms with E-state index in [2.05, 4.69) is 55.4 Å². The molecule has 0 aliphatic carbocycles. The van der Waals surface area contributed by atoms with Gasteiger partial charge in [0.1, 0.15) is 24.6 Å². The lowest BCUT2D eigenvalue weighted by Gasteiger charge is -2.52. The van der Waals surface area contributed by atoms with Crippen molar-refractivity contribution in [1.29, 1.82) is 0 Å². The first-order valence-electron chi connectivity index (χ1n) is 20.6. The van der Waals surface area contributed by atoms with Crippen LogP contribution in [0.1, 0.15) is 121 Å². The minimum Gasteiger partial charge on any atom is -0.462 e. The number of rotatable bonds is 15. The van der Waals surface area contributed by atoms with Gasteiger partial charge in [0, 0.05) is 67.8 Å². The highest BCUT2D eigenvalue weighted by molar-refractivity contribution is 5.83. The second-order valence-electron chi connectivity index (χ2n) is 19.0. The van der Waals surface area contributed by atoms with Crippen molar-refractivity contribution in [2.75, 3.05) is 61.0 Å². The van der Waals surface area contributed by atoms with Crippen molar-refractivity contribution in [1.82, 2.24) is 10.1 Å². The van der Waals surface area contributed by atoms with Crippen LogP contribution in [0.5, 0.6) is 0 Å². The molecular weight excluding hydrogens is 756 g/mol. The molecule has 16 nitrogen and oxygen atoms in total. The summed E-state index contributed by atoms with van der Waals surface area (Å²) in [6.45, 7) is 23.9. The third kappa shape index (κ3) is 13.9. The minimum absolute atomic E-state index is 0.0342. The van der Waals surface area contributed by atoms with E-state index in [9.17, 15) is 19.2 Å². The Morgan fingerprint density at radius 3 is 1.41 bits per heavy atom. The monoisotopic (exact) mass is 831 g/mol. The maximum absolute atomic E-state index is 13.3. The molecule has 4 heterocycles. The molecule has 4 aliphatic rings. The first kappa shape index (κ1) is 50.1. The van der Waals surface area contributed by atoms with E-state index in [1.54, 1.807) is 35.2 Å². The van der Waals surface area contributed by atoms with Gasteiger partial charge in [-0.05, 0) is 68.7 Å². The lowest BCUT2D eigenvalue weighted by atomic mass is 9.80. The van der Waals surface area contributed by atoms with Crippen LogP contribution in [0, 0.1) is 17.3 Å². The summed E-state index contributed by atoms with van der Waals surface area (Å²) in [5.41, 5.74) is -1.59. The number of Topliss-reactive ketones (excluding diaryl/α,β-unsaturated/α-hetero) is 1. The van der Waals surface area contributed by atoms with Gasteiger partial charge in [0.15, 0.2) is 12.6 Å². The zero-order chi connectivity index (χ0) is 43.7. The summed E-state index contributed by atoms with van der Waals surface area (Å²) in [6, 6.07) is 0. The first-order valence-corrected chi connectivity index (χ1v) is 20.6. The van der Waals surface area contributed by atoms with E-state index in [1.807, 2.05) is 10.1 Å². The van der Waals surface area contributed by atoms with Crippen molar-refractivity contribution in [3.8, 4) is 0 Å². The number of esters is 3. The van der Waals surface area contributed by atoms with Crippen molar-refractivity contribution in [2.24, 2.45) is 17.3 Å². The molecule has 2 unspecified atom stereocenters. The molecule has 1 spiro atoms. The van der Waals surface area contributed by atoms with Gasteiger partial charge in [-0.15, -0.1) is 0 Å². The van der Waals surface area contributed by atoms with Crippen LogP contribution in [0.4, 0.5) is 0 Å². The quantitative estimate of drug-likeness (QED) is 0.156. The van der Waals surface area contributed by atoms with E-state index in [1.165, 1.54) is 6.92 Å². The third-order valence-corrected chi connectivity index (χ3v) is 11.2. The number of ketones is 1. The summed E-state index contributed by atoms with van der Waals surface area (Å²) in [5.74, 6) is -2.42. The van der Waals surface area contributed by atoms with Gasteiger partial charge >= 0.3 is 17.9 Å². The Kier molecular flexibility index (Phi) is 18.1. The molecule has 16 heteroatoms. The third-order valence-electron chi connectivity index (χ3n) is 11.2. The lowest BCUT2D eigenvalue weighted by molar-refractivity contribution is -0.311. The summed E-state index contributed by atoms with van der Waals surface area (Å²) in [4.78, 5) is 60.8. The topological polar surface area (TPSA) is 167 Å². The van der Waals surface area contributed by atoms with Crippen LogP contribution < -0.4 is 0 Å². The van der Waals surface area contributed by atoms with E-state index < -0.39 is 24.1 Å². The van der Waals surface area contributed by atoms with Crippen LogP contribution in [-0.2, 0) is 66.7 Å². The maximum atomic E-state index is 13.3. The lowest BCUT2D eigenvalue weighted by Crippen LogP contribution is -2.61. The molecule has 2 atom stereocenters. The molecule has 58 heavy (non-hydrogen) atoms. The smallest absolute Gasteiger partial charge is 0.309 e. The second kappa shape index (κ2) is 21.0. The highest BCUT2D eigenvalue weighted by atomic mass is 16.7. The number of hydrogen-bond donors (Lipinski definition) is 0. The Morgan fingerprint density at radius 2 is 1.05 bits per heavy atom. The molecule has 0 radical (unpaired) electrons. The molecule has 0 amide bonds. The van der Waals surface area contributed by atoms with Gasteiger partial charge in [0.05, 0.1) is 64.5 Å². The molecular formula is C42H74N2O14. The van der Waals surface area contributed by atoms with Crippen LogP contribution in [-0.4, -0.2) is 142 Å². The highest BCUT2D eigenvalue weighted by Crippen LogP contribution is 2.41. The summed E-state index contributed by atoms with van der Waals surface area (Å²) in [5, 5.41) is 3.92. The maximum Gasteiger partial charge on any atom is 0.309 e. The summed E-state index contributed by atoms with van der Waals surface area (Å²) in [7, 11) is 4.92. The predicted octanol–water partition coefficient (Wildman–Crippen LogP) is 5.18. The number of piperidine rings is 2. The largest absolute Gasteiger partial charge is 0.462 e. The van der Waals surface area contributed by atoms with Crippen molar-refractivity contribution in [3.05, 3.63) is 0 Å². The summed E-state index contributed by atoms with van der Waals surface area (Å²) in [6.07, 6.45) is 1.64. The zero-order valence-corrected chi connectivity index (χ0v) is 37.8. The van der Waals surface area contributed by atoms with Crippen LogP contribution in [0.15, 0.2) is 0 Å². The molecule has 0 aromatic carbocycles. The van der Waals surface area contributed by atoms with E-state index in [0.717, 1.165) is 0 Å². The summed E-state index contributed by atoms with van der Waals surface area (Å²) < 4.78 is 44.2. The normalized spacial score (nSPS) is 28.4. The average molecular weight is 831 g/mol. The van der Waals surface area contributed by atoms with E-state index in [4.69, 9.17) is 47.6 Å². The van der Waals surface area contributed by atoms with Crippen LogP contribution in [0.2, 0.25) is 0 Å². The molecule has 4 aliphatic heterocycles. The fraction of sp³-hybridized carbons (Fsp3) is 0.905. The number of carbonyl (C=O) groups excluding carboxylic acids is 4. The van der Waals surface area contributed by atoms with Gasteiger partial charge in [0.25, 0.3) is 0 Å². The van der Waals surface area contributed by atoms with E-state index in [-0.39, 0.29) is 83.2 Å². The van der Waals surface area contributed by atoms with Gasteiger partial charge in [0.2, 0.25) is 0 Å². The minimum atomic E-state index is -0.704. The SMILES string of the molecule is CCC(=O)OCC1OCC2(COC(COC)OC2)CO1.CON1C(C)(C)CC(OC(=O)C(C)CC(CC(C)=O)C(=O)OC2CC(C)(C)N(OC)C(C)(C)C2)CC1(C)C. The van der Waals surface area contributed by atoms with E-state index in [0.29, 0.717) is 65.1 Å². The first-order chi connectivity index (χ1) is 26.9. The molecule has 0 saturated carbocycles. The number of ether oxygens (including phenoxy) is 8. The van der Waals surface area contributed by atoms with Gasteiger partial charge in [-0.25, -0.2) is 0 Å². The number of nitrogens with zero attached hydrogens (tertiary/aromatic N) is 2. The van der Waals surface area contributed by atoms with Crippen molar-refractivity contribution >= 4 is 23.7 Å². The molecule has 4 rings (SSSR count). The predicted molar refractivity (Wildman–Crippen MR) is 212 cm³/mol. The molecule has 0 aromatic rings. The van der Waals surface area contributed by atoms with Gasteiger partial charge < -0.3 is 52.4 Å². The molecule has 0 N–H and O–H groups in total. The number of carbonyl (C=O) groups is 4. The molecule has 0 bridgehead atoms. The van der Waals surface area contributed by atoms with Gasteiger partial charge in [-0.2, -0.15) is 10.1 Å². The van der Waals surface area contributed by atoms with Crippen LogP contribution in [0.25, 0.3) is 0 Å². The number of methoxy groups -OCH3 is 1. The molecule has 4 fully saturated rings. The fourth-order valence-corrected chi connectivity index (χ4v) is 9.19. The Bertz CT molecular complexity index is 1310. The average Bonchev–Trinajstić information content (AvgIpc) is 3.10. The second-order valence-corrected chi connectivity index (χ2v) is 19.0. The molecule has 336 valence electrons. The Morgan fingerprint density at radius 1 is 0.655 bits per heavy atom. The van der Waals surface area contributed by atoms with E-state index >= 15 is 0 Å². The Hall–Kier alpha value is -2.28. The number of hydrogen-bond acceptors (Lipinski definition) is 16. The molecule has 4 saturated heterocycles. The molecule has 0 aromatic heterocycles.